The van der Waals surface area contributed by atoms with Crippen molar-refractivity contribution in [1.82, 2.24) is 4.90 Å². The first-order chi connectivity index (χ1) is 10.3. The summed E-state index contributed by atoms with van der Waals surface area (Å²) >= 11 is 3.56. The third-order valence-electron chi connectivity index (χ3n) is 3.87. The fraction of sp³-hybridized carbons (Fsp3) is 0.188. The first-order valence-corrected chi connectivity index (χ1v) is 8.64. The highest BCUT2D eigenvalue weighted by atomic mass is 32.1. The normalized spacial score (nSPS) is 18.4. The van der Waals surface area contributed by atoms with E-state index in [1.165, 1.54) is 20.5 Å². The van der Waals surface area contributed by atoms with Crippen LogP contribution in [0.5, 0.6) is 0 Å². The standard InChI is InChI=1S/C16H15N3S2/c17-16-18-8-14(19(16)9-11-4-3-7-20-11)13-10-21-15-6-2-1-5-12(13)15/h1-7,10,14H,8-9H2,(H2,17,18). The van der Waals surface area contributed by atoms with Crippen molar-refractivity contribution in [1.29, 1.82) is 0 Å². The maximum absolute atomic E-state index is 6.12. The van der Waals surface area contributed by atoms with Crippen LogP contribution in [-0.2, 0) is 6.54 Å². The van der Waals surface area contributed by atoms with Crippen LogP contribution in [-0.4, -0.2) is 17.4 Å². The molecule has 106 valence electrons. The Bertz CT molecular complexity index is 789. The minimum Gasteiger partial charge on any atom is -0.370 e. The molecule has 1 aliphatic rings. The van der Waals surface area contributed by atoms with E-state index in [1.807, 2.05) is 0 Å². The molecule has 5 heteroatoms. The Morgan fingerprint density at radius 1 is 1.19 bits per heavy atom. The number of nitrogens with two attached hydrogens (primary N) is 1. The maximum Gasteiger partial charge on any atom is 0.192 e. The number of aliphatic imine (C=N–C) groups is 1. The molecule has 21 heavy (non-hydrogen) atoms. The van der Waals surface area contributed by atoms with Crippen LogP contribution in [0.2, 0.25) is 0 Å². The van der Waals surface area contributed by atoms with Gasteiger partial charge in [0.05, 0.1) is 19.1 Å². The zero-order valence-corrected chi connectivity index (χ0v) is 13.0. The second-order valence-corrected chi connectivity index (χ2v) is 7.05. The molecule has 3 heterocycles. The topological polar surface area (TPSA) is 41.6 Å². The fourth-order valence-electron chi connectivity index (χ4n) is 2.81. The van der Waals surface area contributed by atoms with Crippen LogP contribution < -0.4 is 5.73 Å². The highest BCUT2D eigenvalue weighted by molar-refractivity contribution is 7.17. The Kier molecular flexibility index (Phi) is 3.16. The molecule has 0 saturated carbocycles. The van der Waals surface area contributed by atoms with E-state index in [1.54, 1.807) is 22.7 Å². The summed E-state index contributed by atoms with van der Waals surface area (Å²) in [5.74, 6) is 0.656. The third-order valence-corrected chi connectivity index (χ3v) is 5.72. The molecule has 2 aromatic heterocycles. The van der Waals surface area contributed by atoms with Crippen LogP contribution in [0.4, 0.5) is 0 Å². The molecule has 0 radical (unpaired) electrons. The number of benzene rings is 1. The maximum atomic E-state index is 6.12. The molecular formula is C16H15N3S2. The Balaban J connectivity index is 1.70. The quantitative estimate of drug-likeness (QED) is 0.798. The van der Waals surface area contributed by atoms with Crippen LogP contribution in [0.3, 0.4) is 0 Å². The Hall–Kier alpha value is -1.85. The lowest BCUT2D eigenvalue weighted by Crippen LogP contribution is -2.35. The Morgan fingerprint density at radius 2 is 2.10 bits per heavy atom. The molecule has 2 N–H and O–H groups in total. The summed E-state index contributed by atoms with van der Waals surface area (Å²) in [5, 5.41) is 5.69. The molecule has 0 fully saturated rings. The van der Waals surface area contributed by atoms with Crippen molar-refractivity contribution >= 4 is 38.7 Å². The average molecular weight is 313 g/mol. The lowest BCUT2D eigenvalue weighted by atomic mass is 10.1. The fourth-order valence-corrected chi connectivity index (χ4v) is 4.52. The Labute approximate surface area is 131 Å². The predicted molar refractivity (Wildman–Crippen MR) is 90.9 cm³/mol. The first kappa shape index (κ1) is 12.9. The van der Waals surface area contributed by atoms with E-state index >= 15 is 0 Å². The van der Waals surface area contributed by atoms with Gasteiger partial charge in [-0.25, -0.2) is 0 Å². The van der Waals surface area contributed by atoms with E-state index in [-0.39, 0.29) is 6.04 Å². The van der Waals surface area contributed by atoms with Gasteiger partial charge in [-0.3, -0.25) is 4.99 Å². The van der Waals surface area contributed by atoms with Crippen molar-refractivity contribution in [2.75, 3.05) is 6.54 Å². The van der Waals surface area contributed by atoms with Crippen molar-refractivity contribution in [3.8, 4) is 0 Å². The minimum atomic E-state index is 0.253. The molecule has 1 unspecified atom stereocenters. The van der Waals surface area contributed by atoms with E-state index in [9.17, 15) is 0 Å². The van der Waals surface area contributed by atoms with E-state index in [2.05, 4.69) is 57.1 Å². The molecule has 3 aromatic rings. The zero-order valence-electron chi connectivity index (χ0n) is 11.4. The van der Waals surface area contributed by atoms with Gasteiger partial charge in [-0.2, -0.15) is 0 Å². The average Bonchev–Trinajstić information content (AvgIpc) is 3.21. The van der Waals surface area contributed by atoms with Gasteiger partial charge >= 0.3 is 0 Å². The SMILES string of the molecule is NC1=NCC(c2csc3ccccc23)N1Cc1cccs1. The number of fused-ring (bicyclic) bond motifs is 1. The van der Waals surface area contributed by atoms with Crippen molar-refractivity contribution in [2.45, 2.75) is 12.6 Å². The van der Waals surface area contributed by atoms with E-state index in [0.717, 1.165) is 13.1 Å². The van der Waals surface area contributed by atoms with Crippen molar-refractivity contribution in [3.05, 3.63) is 57.6 Å². The van der Waals surface area contributed by atoms with E-state index in [0.29, 0.717) is 5.96 Å². The van der Waals surface area contributed by atoms with Gasteiger partial charge in [0.25, 0.3) is 0 Å². The monoisotopic (exact) mass is 313 g/mol. The lowest BCUT2D eigenvalue weighted by molar-refractivity contribution is 0.345. The smallest absolute Gasteiger partial charge is 0.192 e. The molecule has 0 bridgehead atoms. The zero-order chi connectivity index (χ0) is 14.2. The second kappa shape index (κ2) is 5.16. The molecule has 0 aliphatic carbocycles. The molecule has 1 aromatic carbocycles. The second-order valence-electron chi connectivity index (χ2n) is 5.11. The van der Waals surface area contributed by atoms with Gasteiger partial charge in [0.2, 0.25) is 0 Å². The summed E-state index contributed by atoms with van der Waals surface area (Å²) in [6, 6.07) is 13.0. The van der Waals surface area contributed by atoms with Gasteiger partial charge in [-0.15, -0.1) is 22.7 Å². The highest BCUT2D eigenvalue weighted by Crippen LogP contribution is 2.36. The Morgan fingerprint density at radius 3 is 2.95 bits per heavy atom. The number of thiophene rings is 2. The van der Waals surface area contributed by atoms with E-state index in [4.69, 9.17) is 5.73 Å². The van der Waals surface area contributed by atoms with Crippen LogP contribution in [0.15, 0.2) is 52.2 Å². The lowest BCUT2D eigenvalue weighted by Gasteiger charge is -2.25. The molecule has 1 atom stereocenters. The van der Waals surface area contributed by atoms with Gasteiger partial charge in [-0.1, -0.05) is 24.3 Å². The van der Waals surface area contributed by atoms with Crippen LogP contribution in [0, 0.1) is 0 Å². The van der Waals surface area contributed by atoms with Crippen molar-refractivity contribution in [2.24, 2.45) is 10.7 Å². The first-order valence-electron chi connectivity index (χ1n) is 6.88. The van der Waals surface area contributed by atoms with Gasteiger partial charge in [0, 0.05) is 9.58 Å². The van der Waals surface area contributed by atoms with Gasteiger partial charge < -0.3 is 10.6 Å². The van der Waals surface area contributed by atoms with Crippen molar-refractivity contribution in [3.63, 3.8) is 0 Å². The summed E-state index contributed by atoms with van der Waals surface area (Å²) in [6.45, 7) is 1.58. The van der Waals surface area contributed by atoms with Crippen LogP contribution >= 0.6 is 22.7 Å². The largest absolute Gasteiger partial charge is 0.370 e. The number of hydrogen-bond acceptors (Lipinski definition) is 5. The van der Waals surface area contributed by atoms with Crippen molar-refractivity contribution < 1.29 is 0 Å². The number of nitrogens with zero attached hydrogens (tertiary/aromatic N) is 2. The molecular weight excluding hydrogens is 298 g/mol. The summed E-state index contributed by atoms with van der Waals surface area (Å²) in [7, 11) is 0. The molecule has 3 nitrogen and oxygen atoms in total. The predicted octanol–water partition coefficient (Wildman–Crippen LogP) is 3.83. The molecule has 0 spiro atoms. The molecule has 0 amide bonds. The number of hydrogen-bond donors (Lipinski definition) is 1. The van der Waals surface area contributed by atoms with Gasteiger partial charge in [0.15, 0.2) is 5.96 Å². The summed E-state index contributed by atoms with van der Waals surface area (Å²) in [6.07, 6.45) is 0. The number of rotatable bonds is 3. The minimum absolute atomic E-state index is 0.253. The summed E-state index contributed by atoms with van der Waals surface area (Å²) in [5.41, 5.74) is 7.46. The van der Waals surface area contributed by atoms with Crippen LogP contribution in [0.25, 0.3) is 10.1 Å². The third kappa shape index (κ3) is 2.22. The highest BCUT2D eigenvalue weighted by Gasteiger charge is 2.29. The molecule has 4 rings (SSSR count). The molecule has 1 aliphatic heterocycles. The van der Waals surface area contributed by atoms with E-state index < -0.39 is 0 Å². The summed E-state index contributed by atoms with van der Waals surface area (Å²) < 4.78 is 1.33. The number of guanidine groups is 1. The summed E-state index contributed by atoms with van der Waals surface area (Å²) in [4.78, 5) is 8.01. The van der Waals surface area contributed by atoms with Crippen LogP contribution in [0.1, 0.15) is 16.5 Å². The molecule has 0 saturated heterocycles. The van der Waals surface area contributed by atoms with Gasteiger partial charge in [-0.05, 0) is 33.8 Å². The van der Waals surface area contributed by atoms with Gasteiger partial charge in [0.1, 0.15) is 0 Å².